The molecule has 2 aromatic rings. The minimum atomic E-state index is -3.16. The van der Waals surface area contributed by atoms with Crippen LogP contribution >= 0.6 is 0 Å². The van der Waals surface area contributed by atoms with Gasteiger partial charge in [0.25, 0.3) is 0 Å². The number of rotatable bonds is 4. The van der Waals surface area contributed by atoms with Crippen LogP contribution in [0.1, 0.15) is 17.7 Å². The molecule has 3 rings (SSSR count). The number of hydrogen-bond donors (Lipinski definition) is 1. The standard InChI is InChI=1S/C16H16N4O2S/c17-10-14-5-6-15(12-19-14)18-11-13-3-1-4-16(9-13)20-7-2-8-23(20,21)22/h1,3-6,9,12,18H,2,7-8,11H2. The van der Waals surface area contributed by atoms with Crippen LogP contribution in [-0.4, -0.2) is 25.7 Å². The Morgan fingerprint density at radius 3 is 2.83 bits per heavy atom. The van der Waals surface area contributed by atoms with Gasteiger partial charge in [0.05, 0.1) is 23.3 Å². The highest BCUT2D eigenvalue weighted by atomic mass is 32.2. The van der Waals surface area contributed by atoms with Gasteiger partial charge in [-0.15, -0.1) is 0 Å². The van der Waals surface area contributed by atoms with Crippen LogP contribution in [0.15, 0.2) is 42.6 Å². The fourth-order valence-corrected chi connectivity index (χ4v) is 4.08. The number of sulfonamides is 1. The maximum Gasteiger partial charge on any atom is 0.235 e. The number of benzene rings is 1. The molecule has 0 spiro atoms. The van der Waals surface area contributed by atoms with Gasteiger partial charge in [-0.25, -0.2) is 13.4 Å². The molecule has 1 aromatic heterocycles. The molecule has 0 atom stereocenters. The summed E-state index contributed by atoms with van der Waals surface area (Å²) in [5.74, 6) is 0.215. The molecule has 0 bridgehead atoms. The Hall–Kier alpha value is -2.59. The van der Waals surface area contributed by atoms with E-state index in [-0.39, 0.29) is 5.75 Å². The minimum Gasteiger partial charge on any atom is -0.380 e. The molecule has 6 nitrogen and oxygen atoms in total. The molecular formula is C16H16N4O2S. The summed E-state index contributed by atoms with van der Waals surface area (Å²) in [5, 5.41) is 11.9. The summed E-state index contributed by atoms with van der Waals surface area (Å²) < 4.78 is 25.4. The van der Waals surface area contributed by atoms with Crippen molar-refractivity contribution in [2.75, 3.05) is 21.9 Å². The highest BCUT2D eigenvalue weighted by Crippen LogP contribution is 2.25. The Morgan fingerprint density at radius 2 is 2.17 bits per heavy atom. The topological polar surface area (TPSA) is 86.1 Å². The number of nitrogens with zero attached hydrogens (tertiary/aromatic N) is 3. The van der Waals surface area contributed by atoms with Crippen LogP contribution in [0.5, 0.6) is 0 Å². The monoisotopic (exact) mass is 328 g/mol. The lowest BCUT2D eigenvalue weighted by Gasteiger charge is -2.17. The average molecular weight is 328 g/mol. The average Bonchev–Trinajstić information content (AvgIpc) is 2.93. The summed E-state index contributed by atoms with van der Waals surface area (Å²) >= 11 is 0. The number of nitrogens with one attached hydrogen (secondary N) is 1. The molecule has 1 fully saturated rings. The van der Waals surface area contributed by atoms with Gasteiger partial charge < -0.3 is 5.32 Å². The zero-order valence-electron chi connectivity index (χ0n) is 12.4. The van der Waals surface area contributed by atoms with E-state index in [1.54, 1.807) is 18.3 Å². The van der Waals surface area contributed by atoms with Crippen LogP contribution in [0.25, 0.3) is 0 Å². The van der Waals surface area contributed by atoms with Gasteiger partial charge in [0.15, 0.2) is 0 Å². The van der Waals surface area contributed by atoms with Crippen LogP contribution < -0.4 is 9.62 Å². The Labute approximate surface area is 135 Å². The molecule has 1 aliphatic heterocycles. The van der Waals surface area contributed by atoms with Crippen LogP contribution in [0, 0.1) is 11.3 Å². The number of hydrogen-bond acceptors (Lipinski definition) is 5. The van der Waals surface area contributed by atoms with Crippen molar-refractivity contribution in [3.05, 3.63) is 53.9 Å². The zero-order chi connectivity index (χ0) is 16.3. The highest BCUT2D eigenvalue weighted by Gasteiger charge is 2.28. The zero-order valence-corrected chi connectivity index (χ0v) is 13.3. The lowest BCUT2D eigenvalue weighted by molar-refractivity contribution is 0.599. The molecule has 7 heteroatoms. The third kappa shape index (κ3) is 3.43. The number of pyridine rings is 1. The van der Waals surface area contributed by atoms with Crippen molar-refractivity contribution >= 4 is 21.4 Å². The van der Waals surface area contributed by atoms with Crippen molar-refractivity contribution < 1.29 is 8.42 Å². The van der Waals surface area contributed by atoms with E-state index in [0.717, 1.165) is 11.3 Å². The van der Waals surface area contributed by atoms with Crippen molar-refractivity contribution in [2.45, 2.75) is 13.0 Å². The maximum atomic E-state index is 12.0. The Morgan fingerprint density at radius 1 is 1.30 bits per heavy atom. The summed E-state index contributed by atoms with van der Waals surface area (Å²) in [5.41, 5.74) is 2.87. The largest absolute Gasteiger partial charge is 0.380 e. The van der Waals surface area contributed by atoms with Gasteiger partial charge in [0.1, 0.15) is 11.8 Å². The van der Waals surface area contributed by atoms with Crippen molar-refractivity contribution in [3.8, 4) is 6.07 Å². The molecule has 0 radical (unpaired) electrons. The second-order valence-electron chi connectivity index (χ2n) is 5.31. The van der Waals surface area contributed by atoms with E-state index in [4.69, 9.17) is 5.26 Å². The second kappa shape index (κ2) is 6.26. The van der Waals surface area contributed by atoms with Crippen molar-refractivity contribution in [1.29, 1.82) is 5.26 Å². The fourth-order valence-electron chi connectivity index (χ4n) is 2.52. The third-order valence-electron chi connectivity index (χ3n) is 3.67. The molecule has 0 amide bonds. The second-order valence-corrected chi connectivity index (χ2v) is 7.32. The molecule has 0 saturated carbocycles. The van der Waals surface area contributed by atoms with Crippen LogP contribution in [0.2, 0.25) is 0 Å². The number of aromatic nitrogens is 1. The van der Waals surface area contributed by atoms with E-state index in [9.17, 15) is 8.42 Å². The van der Waals surface area contributed by atoms with Gasteiger partial charge in [-0.1, -0.05) is 12.1 Å². The van der Waals surface area contributed by atoms with Crippen LogP contribution in [0.4, 0.5) is 11.4 Å². The third-order valence-corrected chi connectivity index (χ3v) is 5.54. The highest BCUT2D eigenvalue weighted by molar-refractivity contribution is 7.93. The first-order chi connectivity index (χ1) is 11.1. The quantitative estimate of drug-likeness (QED) is 0.929. The molecule has 1 aromatic carbocycles. The summed E-state index contributed by atoms with van der Waals surface area (Å²) in [7, 11) is -3.16. The van der Waals surface area contributed by atoms with Gasteiger partial charge in [0, 0.05) is 13.1 Å². The molecule has 1 aliphatic rings. The van der Waals surface area contributed by atoms with Gasteiger partial charge in [0.2, 0.25) is 10.0 Å². The van der Waals surface area contributed by atoms with E-state index in [1.807, 2.05) is 30.3 Å². The lowest BCUT2D eigenvalue weighted by atomic mass is 10.2. The van der Waals surface area contributed by atoms with E-state index in [1.165, 1.54) is 4.31 Å². The van der Waals surface area contributed by atoms with Crippen molar-refractivity contribution in [3.63, 3.8) is 0 Å². The summed E-state index contributed by atoms with van der Waals surface area (Å²) in [6, 6.07) is 12.9. The summed E-state index contributed by atoms with van der Waals surface area (Å²) in [4.78, 5) is 4.00. The summed E-state index contributed by atoms with van der Waals surface area (Å²) in [6.45, 7) is 1.09. The molecule has 0 unspecified atom stereocenters. The first-order valence-corrected chi connectivity index (χ1v) is 8.89. The lowest BCUT2D eigenvalue weighted by Crippen LogP contribution is -2.25. The fraction of sp³-hybridized carbons (Fsp3) is 0.250. The molecular weight excluding hydrogens is 312 g/mol. The normalized spacial score (nSPS) is 16.0. The minimum absolute atomic E-state index is 0.215. The van der Waals surface area contributed by atoms with Crippen molar-refractivity contribution in [2.24, 2.45) is 0 Å². The smallest absolute Gasteiger partial charge is 0.235 e. The van der Waals surface area contributed by atoms with Crippen LogP contribution in [-0.2, 0) is 16.6 Å². The molecule has 1 saturated heterocycles. The molecule has 1 N–H and O–H groups in total. The Bertz CT molecular complexity index is 841. The summed E-state index contributed by atoms with van der Waals surface area (Å²) in [6.07, 6.45) is 2.27. The first kappa shape index (κ1) is 15.3. The Kier molecular flexibility index (Phi) is 4.17. The molecule has 23 heavy (non-hydrogen) atoms. The van der Waals surface area contributed by atoms with Gasteiger partial charge >= 0.3 is 0 Å². The predicted octanol–water partition coefficient (Wildman–Crippen LogP) is 2.11. The number of nitriles is 1. The van der Waals surface area contributed by atoms with E-state index in [0.29, 0.717) is 30.9 Å². The van der Waals surface area contributed by atoms with E-state index >= 15 is 0 Å². The SMILES string of the molecule is N#Cc1ccc(NCc2cccc(N3CCCS3(=O)=O)c2)cn1. The van der Waals surface area contributed by atoms with Gasteiger partial charge in [-0.3, -0.25) is 4.31 Å². The first-order valence-electron chi connectivity index (χ1n) is 7.28. The molecule has 0 aliphatic carbocycles. The maximum absolute atomic E-state index is 12.0. The van der Waals surface area contributed by atoms with Crippen molar-refractivity contribution in [1.82, 2.24) is 4.98 Å². The van der Waals surface area contributed by atoms with E-state index < -0.39 is 10.0 Å². The number of anilines is 2. The van der Waals surface area contributed by atoms with Gasteiger partial charge in [-0.05, 0) is 36.2 Å². The predicted molar refractivity (Wildman–Crippen MR) is 88.5 cm³/mol. The van der Waals surface area contributed by atoms with Gasteiger partial charge in [-0.2, -0.15) is 5.26 Å². The Balaban J connectivity index is 1.71. The van der Waals surface area contributed by atoms with Crippen LogP contribution in [0.3, 0.4) is 0 Å². The molecule has 118 valence electrons. The van der Waals surface area contributed by atoms with E-state index in [2.05, 4.69) is 10.3 Å². The molecule has 2 heterocycles.